The Balaban J connectivity index is 1.20. The van der Waals surface area contributed by atoms with Gasteiger partial charge < -0.3 is 24.5 Å². The summed E-state index contributed by atoms with van der Waals surface area (Å²) in [4.78, 5) is 19.2. The van der Waals surface area contributed by atoms with Crippen LogP contribution in [0.15, 0.2) is 39.8 Å². The lowest BCUT2D eigenvalue weighted by Gasteiger charge is -2.36. The van der Waals surface area contributed by atoms with Crippen molar-refractivity contribution in [2.24, 2.45) is 0 Å². The van der Waals surface area contributed by atoms with Gasteiger partial charge in [-0.2, -0.15) is 19.5 Å². The molecule has 11 nitrogen and oxygen atoms in total. The molecule has 0 unspecified atom stereocenters. The molecule has 0 amide bonds. The largest absolute Gasteiger partial charge is 0.612 e. The zero-order chi connectivity index (χ0) is 25.4. The smallest absolute Gasteiger partial charge is 0.259 e. The van der Waals surface area contributed by atoms with Crippen LogP contribution in [-0.2, 0) is 11.2 Å². The fraction of sp³-hybridized carbons (Fsp3) is 0.364. The van der Waals surface area contributed by atoms with E-state index in [4.69, 9.17) is 10.2 Å². The van der Waals surface area contributed by atoms with Gasteiger partial charge in [0.2, 0.25) is 17.7 Å². The van der Waals surface area contributed by atoms with Crippen molar-refractivity contribution in [1.82, 2.24) is 29.5 Å². The normalized spacial score (nSPS) is 15.5. The van der Waals surface area contributed by atoms with Crippen molar-refractivity contribution in [2.75, 3.05) is 68.1 Å². The molecule has 2 N–H and O–H groups in total. The van der Waals surface area contributed by atoms with Gasteiger partial charge in [-0.1, -0.05) is 0 Å². The standard InChI is InChI=1S/C22H25F2N9O2S/c1-30(21-27-20(25)33-22(28-21)26-19(29-33)17-4-3-11-35-17)5-6-31-7-9-32(10-8-31)16-13-18(36(2)34)15(24)12-14(16)23/h3-4,11-13H,5-10H2,1-2H3,(H2,25,26,27,28,29)/t36-/m1/s1. The van der Waals surface area contributed by atoms with Gasteiger partial charge in [0.25, 0.3) is 5.78 Å². The number of halogens is 2. The third kappa shape index (κ3) is 4.79. The van der Waals surface area contributed by atoms with Crippen LogP contribution >= 0.6 is 0 Å². The molecule has 1 saturated heterocycles. The van der Waals surface area contributed by atoms with Crippen molar-refractivity contribution in [1.29, 1.82) is 0 Å². The summed E-state index contributed by atoms with van der Waals surface area (Å²) >= 11 is -1.53. The van der Waals surface area contributed by atoms with Crippen molar-refractivity contribution >= 4 is 34.5 Å². The molecule has 190 valence electrons. The lowest BCUT2D eigenvalue weighted by molar-refractivity contribution is 0.262. The summed E-state index contributed by atoms with van der Waals surface area (Å²) < 4.78 is 46.8. The quantitative estimate of drug-likeness (QED) is 0.361. The lowest BCUT2D eigenvalue weighted by Crippen LogP contribution is -2.48. The Hall–Kier alpha value is -3.49. The molecule has 0 spiro atoms. The molecule has 4 heterocycles. The van der Waals surface area contributed by atoms with Crippen molar-refractivity contribution in [3.8, 4) is 11.6 Å². The van der Waals surface area contributed by atoms with Gasteiger partial charge in [0, 0.05) is 58.4 Å². The zero-order valence-corrected chi connectivity index (χ0v) is 20.6. The number of aromatic nitrogens is 5. The van der Waals surface area contributed by atoms with Crippen LogP contribution < -0.4 is 15.5 Å². The molecule has 1 atom stereocenters. The Morgan fingerprint density at radius 1 is 1.14 bits per heavy atom. The number of hydrogen-bond acceptors (Lipinski definition) is 10. The van der Waals surface area contributed by atoms with Gasteiger partial charge in [0.1, 0.15) is 12.1 Å². The van der Waals surface area contributed by atoms with Gasteiger partial charge in [-0.3, -0.25) is 4.90 Å². The lowest BCUT2D eigenvalue weighted by atomic mass is 10.2. The Kier molecular flexibility index (Phi) is 6.64. The van der Waals surface area contributed by atoms with E-state index in [1.165, 1.54) is 23.1 Å². The molecule has 1 fully saturated rings. The van der Waals surface area contributed by atoms with E-state index >= 15 is 0 Å². The van der Waals surface area contributed by atoms with E-state index in [1.807, 2.05) is 16.8 Å². The minimum Gasteiger partial charge on any atom is -0.612 e. The zero-order valence-electron chi connectivity index (χ0n) is 19.8. The van der Waals surface area contributed by atoms with Gasteiger partial charge in [-0.25, -0.2) is 8.78 Å². The highest BCUT2D eigenvalue weighted by molar-refractivity contribution is 7.90. The molecule has 1 aliphatic heterocycles. The molecule has 1 aliphatic rings. The van der Waals surface area contributed by atoms with E-state index in [2.05, 4.69) is 25.0 Å². The van der Waals surface area contributed by atoms with E-state index in [0.29, 0.717) is 56.0 Å². The highest BCUT2D eigenvalue weighted by atomic mass is 32.2. The number of fused-ring (bicyclic) bond motifs is 1. The van der Waals surface area contributed by atoms with Crippen molar-refractivity contribution < 1.29 is 17.8 Å². The summed E-state index contributed by atoms with van der Waals surface area (Å²) in [5, 5.41) is 4.30. The van der Waals surface area contributed by atoms with Crippen LogP contribution in [0.5, 0.6) is 0 Å². The van der Waals surface area contributed by atoms with Crippen LogP contribution in [0.1, 0.15) is 0 Å². The molecule has 3 aromatic heterocycles. The minimum atomic E-state index is -1.53. The predicted octanol–water partition coefficient (Wildman–Crippen LogP) is 1.64. The first-order chi connectivity index (χ1) is 17.3. The van der Waals surface area contributed by atoms with Gasteiger partial charge in [0.15, 0.2) is 16.5 Å². The molecule has 0 radical (unpaired) electrons. The first kappa shape index (κ1) is 24.2. The number of likely N-dealkylation sites (N-methyl/N-ethyl adjacent to an activating group) is 1. The highest BCUT2D eigenvalue weighted by Crippen LogP contribution is 2.27. The first-order valence-corrected chi connectivity index (χ1v) is 12.8. The van der Waals surface area contributed by atoms with Crippen LogP contribution in [0.25, 0.3) is 17.4 Å². The molecular weight excluding hydrogens is 492 g/mol. The maximum Gasteiger partial charge on any atom is 0.259 e. The van der Waals surface area contributed by atoms with Crippen LogP contribution in [0.4, 0.5) is 26.4 Å². The number of furan rings is 1. The number of nitrogen functional groups attached to an aromatic ring is 1. The van der Waals surface area contributed by atoms with Crippen molar-refractivity contribution in [3.05, 3.63) is 42.2 Å². The summed E-state index contributed by atoms with van der Waals surface area (Å²) in [6.07, 6.45) is 2.92. The fourth-order valence-corrected chi connectivity index (χ4v) is 4.67. The third-order valence-corrected chi connectivity index (χ3v) is 7.01. The molecule has 0 bridgehead atoms. The third-order valence-electron chi connectivity index (χ3n) is 6.08. The van der Waals surface area contributed by atoms with Crippen molar-refractivity contribution in [3.63, 3.8) is 0 Å². The maximum absolute atomic E-state index is 14.4. The molecule has 14 heteroatoms. The van der Waals surface area contributed by atoms with Crippen LogP contribution in [-0.4, -0.2) is 86.6 Å². The van der Waals surface area contributed by atoms with Gasteiger partial charge >= 0.3 is 0 Å². The molecular formula is C22H25F2N9O2S. The number of anilines is 3. The van der Waals surface area contributed by atoms with Gasteiger partial charge in [-0.05, 0) is 23.3 Å². The average Bonchev–Trinajstić information content (AvgIpc) is 3.53. The predicted molar refractivity (Wildman–Crippen MR) is 131 cm³/mol. The molecule has 36 heavy (non-hydrogen) atoms. The fourth-order valence-electron chi connectivity index (χ4n) is 4.06. The summed E-state index contributed by atoms with van der Waals surface area (Å²) in [7, 11) is 1.87. The number of piperazine rings is 1. The maximum atomic E-state index is 14.4. The van der Waals surface area contributed by atoms with E-state index in [1.54, 1.807) is 12.1 Å². The van der Waals surface area contributed by atoms with E-state index < -0.39 is 22.8 Å². The topological polar surface area (TPSA) is 128 Å². The highest BCUT2D eigenvalue weighted by Gasteiger charge is 2.24. The number of benzene rings is 1. The second kappa shape index (κ2) is 9.87. The van der Waals surface area contributed by atoms with E-state index in [9.17, 15) is 13.3 Å². The van der Waals surface area contributed by atoms with Gasteiger partial charge in [-0.15, -0.1) is 5.10 Å². The van der Waals surface area contributed by atoms with E-state index in [0.717, 1.165) is 12.6 Å². The molecule has 1 aromatic carbocycles. The van der Waals surface area contributed by atoms with Crippen LogP contribution in [0.3, 0.4) is 0 Å². The molecule has 0 aliphatic carbocycles. The summed E-state index contributed by atoms with van der Waals surface area (Å²) in [6.45, 7) is 3.85. The Labute approximate surface area is 208 Å². The number of nitrogens with two attached hydrogens (primary N) is 1. The number of rotatable bonds is 7. The Bertz CT molecular complexity index is 1360. The summed E-state index contributed by atoms with van der Waals surface area (Å²) in [6, 6.07) is 5.65. The minimum absolute atomic E-state index is 0.00986. The molecule has 5 rings (SSSR count). The summed E-state index contributed by atoms with van der Waals surface area (Å²) in [5.41, 5.74) is 6.36. The second-order valence-electron chi connectivity index (χ2n) is 8.44. The monoisotopic (exact) mass is 517 g/mol. The Morgan fingerprint density at radius 3 is 2.61 bits per heavy atom. The SMILES string of the molecule is CN(CCN1CCN(c2cc([S@@+](C)[O-])c(F)cc2F)CC1)c1nc(N)n2nc(-c3ccco3)nc2n1. The number of nitrogens with zero attached hydrogens (tertiary/aromatic N) is 8. The second-order valence-corrected chi connectivity index (χ2v) is 9.79. The van der Waals surface area contributed by atoms with Crippen LogP contribution in [0.2, 0.25) is 0 Å². The molecule has 0 saturated carbocycles. The summed E-state index contributed by atoms with van der Waals surface area (Å²) in [5.74, 6) is 0.340. The average molecular weight is 518 g/mol. The van der Waals surface area contributed by atoms with E-state index in [-0.39, 0.29) is 16.5 Å². The first-order valence-electron chi connectivity index (χ1n) is 11.2. The molecule has 4 aromatic rings. The Morgan fingerprint density at radius 2 is 1.92 bits per heavy atom. The van der Waals surface area contributed by atoms with Crippen LogP contribution in [0, 0.1) is 11.6 Å². The van der Waals surface area contributed by atoms with Crippen molar-refractivity contribution in [2.45, 2.75) is 4.90 Å². The number of hydrogen-bond donors (Lipinski definition) is 1. The van der Waals surface area contributed by atoms with Gasteiger partial charge in [0.05, 0.1) is 12.0 Å².